The summed E-state index contributed by atoms with van der Waals surface area (Å²) in [7, 11) is 0. The molecule has 1 aliphatic heterocycles. The Morgan fingerprint density at radius 2 is 1.78 bits per heavy atom. The number of carboxylic acids is 2. The summed E-state index contributed by atoms with van der Waals surface area (Å²) in [5.74, 6) is -2.76. The molecule has 0 atom stereocenters. The zero-order valence-electron chi connectivity index (χ0n) is 20.0. The fourth-order valence-electron chi connectivity index (χ4n) is 3.89. The van der Waals surface area contributed by atoms with Crippen molar-refractivity contribution in [3.05, 3.63) is 77.2 Å². The van der Waals surface area contributed by atoms with Gasteiger partial charge in [-0.15, -0.1) is 0 Å². The van der Waals surface area contributed by atoms with E-state index in [1.807, 2.05) is 23.1 Å². The fraction of sp³-hybridized carbons (Fsp3) is 0.269. The molecule has 11 heteroatoms. The van der Waals surface area contributed by atoms with Crippen LogP contribution in [0, 0.1) is 5.82 Å². The molecule has 196 valence electrons. The van der Waals surface area contributed by atoms with Gasteiger partial charge in [0, 0.05) is 60.6 Å². The number of rotatable bonds is 10. The number of amides is 2. The molecule has 2 amide bonds. The van der Waals surface area contributed by atoms with Crippen LogP contribution in [0.4, 0.5) is 9.18 Å². The molecule has 0 spiro atoms. The third-order valence-corrected chi connectivity index (χ3v) is 5.86. The van der Waals surface area contributed by atoms with Gasteiger partial charge in [-0.3, -0.25) is 0 Å². The topological polar surface area (TPSA) is 124 Å². The predicted molar refractivity (Wildman–Crippen MR) is 139 cm³/mol. The molecule has 0 unspecified atom stereocenters. The van der Waals surface area contributed by atoms with E-state index in [4.69, 9.17) is 21.8 Å². The van der Waals surface area contributed by atoms with Crippen molar-refractivity contribution in [3.8, 4) is 5.69 Å². The smallest absolute Gasteiger partial charge is 0.328 e. The molecule has 0 radical (unpaired) electrons. The predicted octanol–water partition coefficient (Wildman–Crippen LogP) is 3.68. The lowest BCUT2D eigenvalue weighted by molar-refractivity contribution is -0.134. The number of hydrogen-bond acceptors (Lipinski definition) is 4. The molecule has 4 N–H and O–H groups in total. The molecule has 3 aromatic rings. The van der Waals surface area contributed by atoms with E-state index >= 15 is 0 Å². The second kappa shape index (κ2) is 13.4. The largest absolute Gasteiger partial charge is 0.478 e. The van der Waals surface area contributed by atoms with Crippen LogP contribution in [0.15, 0.2) is 60.8 Å². The molecule has 0 bridgehead atoms. The monoisotopic (exact) mass is 530 g/mol. The van der Waals surface area contributed by atoms with E-state index in [0.717, 1.165) is 62.2 Å². The van der Waals surface area contributed by atoms with Gasteiger partial charge in [0.1, 0.15) is 5.82 Å². The van der Waals surface area contributed by atoms with E-state index in [-0.39, 0.29) is 11.8 Å². The summed E-state index contributed by atoms with van der Waals surface area (Å²) in [6.45, 7) is 3.91. The molecule has 1 fully saturated rings. The molecule has 4 rings (SSSR count). The number of nitrogens with one attached hydrogen (secondary N) is 2. The summed E-state index contributed by atoms with van der Waals surface area (Å²) in [5, 5.41) is 23.7. The van der Waals surface area contributed by atoms with Crippen LogP contribution in [0.2, 0.25) is 5.02 Å². The maximum absolute atomic E-state index is 13.3. The number of fused-ring (bicyclic) bond motifs is 1. The van der Waals surface area contributed by atoms with E-state index in [2.05, 4.69) is 21.4 Å². The molecule has 2 aromatic carbocycles. The van der Waals surface area contributed by atoms with Crippen LogP contribution in [0.1, 0.15) is 12.0 Å². The Morgan fingerprint density at radius 1 is 1.08 bits per heavy atom. The molecule has 2 heterocycles. The first kappa shape index (κ1) is 27.7. The summed E-state index contributed by atoms with van der Waals surface area (Å²) < 4.78 is 15.4. The number of aliphatic carboxylic acids is 2. The molecular weight excluding hydrogens is 503 g/mol. The fourth-order valence-corrected chi connectivity index (χ4v) is 4.07. The van der Waals surface area contributed by atoms with Crippen LogP contribution in [0.25, 0.3) is 16.6 Å². The highest BCUT2D eigenvalue weighted by Gasteiger charge is 2.18. The average molecular weight is 531 g/mol. The lowest BCUT2D eigenvalue weighted by Crippen LogP contribution is -2.35. The number of aromatic nitrogens is 1. The van der Waals surface area contributed by atoms with Crippen molar-refractivity contribution in [2.45, 2.75) is 12.8 Å². The number of halogens is 2. The van der Waals surface area contributed by atoms with Crippen molar-refractivity contribution < 1.29 is 29.0 Å². The maximum atomic E-state index is 13.3. The third-order valence-electron chi connectivity index (χ3n) is 5.63. The second-order valence-corrected chi connectivity index (χ2v) is 8.68. The van der Waals surface area contributed by atoms with E-state index in [1.165, 1.54) is 17.7 Å². The molecule has 1 aliphatic rings. The highest BCUT2D eigenvalue weighted by atomic mass is 35.5. The summed E-state index contributed by atoms with van der Waals surface area (Å²) in [6, 6.07) is 12.4. The van der Waals surface area contributed by atoms with E-state index in [1.54, 1.807) is 12.1 Å². The van der Waals surface area contributed by atoms with Crippen molar-refractivity contribution in [1.82, 2.24) is 20.1 Å². The molecular formula is C26H28ClFN4O5. The third kappa shape index (κ3) is 8.33. The van der Waals surface area contributed by atoms with Gasteiger partial charge >= 0.3 is 18.0 Å². The Morgan fingerprint density at radius 3 is 2.41 bits per heavy atom. The van der Waals surface area contributed by atoms with Gasteiger partial charge in [0.05, 0.1) is 5.52 Å². The SMILES string of the molecule is O=C(O)C=CC(=O)O.O=C1NCCN1CCNCCCc1cn(-c2ccc(F)cc2)c2ccc(Cl)cc12. The number of hydrogen-bond donors (Lipinski definition) is 4. The van der Waals surface area contributed by atoms with Crippen LogP contribution in [0.3, 0.4) is 0 Å². The summed E-state index contributed by atoms with van der Waals surface area (Å²) in [6.07, 6.45) is 5.11. The lowest BCUT2D eigenvalue weighted by atomic mass is 10.1. The van der Waals surface area contributed by atoms with Crippen LogP contribution in [-0.4, -0.2) is 70.4 Å². The van der Waals surface area contributed by atoms with Gasteiger partial charge in [-0.1, -0.05) is 11.6 Å². The van der Waals surface area contributed by atoms with Gasteiger partial charge < -0.3 is 30.3 Å². The van der Waals surface area contributed by atoms with Gasteiger partial charge in [-0.25, -0.2) is 18.8 Å². The summed E-state index contributed by atoms with van der Waals surface area (Å²) in [5.41, 5.74) is 3.20. The molecule has 0 aliphatic carbocycles. The van der Waals surface area contributed by atoms with Crippen molar-refractivity contribution in [2.24, 2.45) is 0 Å². The number of benzene rings is 2. The van der Waals surface area contributed by atoms with Gasteiger partial charge in [0.2, 0.25) is 0 Å². The Balaban J connectivity index is 0.000000414. The molecule has 9 nitrogen and oxygen atoms in total. The van der Waals surface area contributed by atoms with Gasteiger partial charge in [-0.05, 0) is 67.4 Å². The van der Waals surface area contributed by atoms with Crippen molar-refractivity contribution >= 4 is 40.5 Å². The minimum Gasteiger partial charge on any atom is -0.478 e. The summed E-state index contributed by atoms with van der Waals surface area (Å²) in [4.78, 5) is 32.5. The van der Waals surface area contributed by atoms with E-state index in [0.29, 0.717) is 17.2 Å². The van der Waals surface area contributed by atoms with Crippen LogP contribution in [-0.2, 0) is 16.0 Å². The Bertz CT molecular complexity index is 1260. The first-order valence-corrected chi connectivity index (χ1v) is 12.0. The number of carboxylic acid groups (broad SMARTS) is 2. The second-order valence-electron chi connectivity index (χ2n) is 8.24. The van der Waals surface area contributed by atoms with Crippen molar-refractivity contribution in [1.29, 1.82) is 0 Å². The lowest BCUT2D eigenvalue weighted by Gasteiger charge is -2.14. The standard InChI is InChI=1S/C22H24ClFN4O.C4H4O4/c23-17-3-8-21-20(14-17)16(15-28(21)19-6-4-18(24)5-7-19)2-1-9-25-10-12-27-13-11-26-22(27)29;5-3(6)1-2-4(7)8/h3-8,14-15,25H,1-2,9-13H2,(H,26,29);1-2H,(H,5,6)(H,7,8). The summed E-state index contributed by atoms with van der Waals surface area (Å²) >= 11 is 6.23. The molecule has 1 aromatic heterocycles. The number of carbonyl (C=O) groups is 3. The van der Waals surface area contributed by atoms with Crippen LogP contribution < -0.4 is 10.6 Å². The Hall–Kier alpha value is -3.89. The number of urea groups is 1. The molecule has 0 saturated carbocycles. The van der Waals surface area contributed by atoms with E-state index in [9.17, 15) is 18.8 Å². The minimum absolute atomic E-state index is 0.0253. The normalized spacial score (nSPS) is 13.0. The minimum atomic E-state index is -1.26. The quantitative estimate of drug-likeness (QED) is 0.234. The molecule has 37 heavy (non-hydrogen) atoms. The number of nitrogens with zero attached hydrogens (tertiary/aromatic N) is 2. The van der Waals surface area contributed by atoms with Gasteiger partial charge in [0.15, 0.2) is 0 Å². The van der Waals surface area contributed by atoms with Crippen molar-refractivity contribution in [2.75, 3.05) is 32.7 Å². The highest BCUT2D eigenvalue weighted by Crippen LogP contribution is 2.28. The van der Waals surface area contributed by atoms with Crippen LogP contribution >= 0.6 is 11.6 Å². The van der Waals surface area contributed by atoms with Crippen LogP contribution in [0.5, 0.6) is 0 Å². The Labute approximate surface area is 218 Å². The van der Waals surface area contributed by atoms with Crippen molar-refractivity contribution in [3.63, 3.8) is 0 Å². The number of aryl methyl sites for hydroxylation is 1. The number of carbonyl (C=O) groups excluding carboxylic acids is 1. The highest BCUT2D eigenvalue weighted by molar-refractivity contribution is 6.31. The van der Waals surface area contributed by atoms with Gasteiger partial charge in [0.25, 0.3) is 0 Å². The van der Waals surface area contributed by atoms with Gasteiger partial charge in [-0.2, -0.15) is 0 Å². The average Bonchev–Trinajstić information content (AvgIpc) is 3.43. The zero-order valence-corrected chi connectivity index (χ0v) is 20.7. The Kier molecular flexibility index (Phi) is 10.0. The first-order valence-electron chi connectivity index (χ1n) is 11.7. The zero-order chi connectivity index (χ0) is 26.8. The first-order chi connectivity index (χ1) is 17.7. The molecule has 1 saturated heterocycles. The van der Waals surface area contributed by atoms with E-state index < -0.39 is 11.9 Å². The maximum Gasteiger partial charge on any atom is 0.328 e.